The Balaban J connectivity index is 2.55. The van der Waals surface area contributed by atoms with E-state index in [0.717, 1.165) is 22.1 Å². The maximum atomic E-state index is 6.04. The molecule has 0 bridgehead atoms. The van der Waals surface area contributed by atoms with Crippen LogP contribution in [0, 0.1) is 0 Å². The number of methoxy groups -OCH3 is 3. The molecule has 0 saturated heterocycles. The highest BCUT2D eigenvalue weighted by molar-refractivity contribution is 5.84. The van der Waals surface area contributed by atoms with Crippen LogP contribution in [0.1, 0.15) is 12.5 Å². The van der Waals surface area contributed by atoms with Gasteiger partial charge in [-0.1, -0.05) is 18.2 Å². The number of hydrogen-bond donors (Lipinski definition) is 1. The molecule has 0 fully saturated rings. The highest BCUT2D eigenvalue weighted by atomic mass is 16.7. The largest absolute Gasteiger partial charge is 0.497 e. The van der Waals surface area contributed by atoms with Gasteiger partial charge in [0.25, 0.3) is 0 Å². The van der Waals surface area contributed by atoms with E-state index >= 15 is 0 Å². The van der Waals surface area contributed by atoms with E-state index < -0.39 is 5.79 Å². The van der Waals surface area contributed by atoms with Crippen molar-refractivity contribution in [2.45, 2.75) is 18.8 Å². The second-order valence-electron chi connectivity index (χ2n) is 4.79. The second-order valence-corrected chi connectivity index (χ2v) is 4.79. The molecule has 2 rings (SSSR count). The van der Waals surface area contributed by atoms with Crippen molar-refractivity contribution in [1.29, 1.82) is 0 Å². The first kappa shape index (κ1) is 14.8. The molecule has 4 heteroatoms. The minimum absolute atomic E-state index is 0.298. The van der Waals surface area contributed by atoms with Crippen molar-refractivity contribution in [2.24, 2.45) is 5.73 Å². The van der Waals surface area contributed by atoms with Crippen molar-refractivity contribution in [1.82, 2.24) is 0 Å². The second kappa shape index (κ2) is 5.79. The van der Waals surface area contributed by atoms with Crippen LogP contribution < -0.4 is 10.5 Å². The Kier molecular flexibility index (Phi) is 4.28. The van der Waals surface area contributed by atoms with Gasteiger partial charge in [0.2, 0.25) is 5.79 Å². The first-order valence-corrected chi connectivity index (χ1v) is 6.51. The molecule has 0 spiro atoms. The molecular weight excluding hydrogens is 254 g/mol. The predicted octanol–water partition coefficient (Wildman–Crippen LogP) is 2.64. The van der Waals surface area contributed by atoms with E-state index in [-0.39, 0.29) is 6.04 Å². The lowest BCUT2D eigenvalue weighted by Gasteiger charge is -2.35. The van der Waals surface area contributed by atoms with E-state index in [1.807, 2.05) is 43.3 Å². The normalized spacial score (nSPS) is 13.4. The summed E-state index contributed by atoms with van der Waals surface area (Å²) in [5, 5.41) is 2.18. The van der Waals surface area contributed by atoms with Gasteiger partial charge < -0.3 is 19.9 Å². The predicted molar refractivity (Wildman–Crippen MR) is 79.8 cm³/mol. The number of nitrogens with two attached hydrogens (primary N) is 1. The number of hydrogen-bond acceptors (Lipinski definition) is 4. The van der Waals surface area contributed by atoms with Crippen molar-refractivity contribution in [2.75, 3.05) is 21.3 Å². The zero-order valence-corrected chi connectivity index (χ0v) is 12.3. The molecule has 0 aliphatic carbocycles. The van der Waals surface area contributed by atoms with E-state index in [0.29, 0.717) is 0 Å². The van der Waals surface area contributed by atoms with Crippen LogP contribution in [-0.4, -0.2) is 27.4 Å². The van der Waals surface area contributed by atoms with Crippen molar-refractivity contribution in [3.63, 3.8) is 0 Å². The number of rotatable bonds is 5. The van der Waals surface area contributed by atoms with E-state index in [1.165, 1.54) is 0 Å². The van der Waals surface area contributed by atoms with E-state index in [9.17, 15) is 0 Å². The van der Waals surface area contributed by atoms with Crippen LogP contribution in [0.3, 0.4) is 0 Å². The Morgan fingerprint density at radius 2 is 1.55 bits per heavy atom. The fourth-order valence-corrected chi connectivity index (χ4v) is 2.52. The molecule has 0 saturated carbocycles. The maximum Gasteiger partial charge on any atom is 0.209 e. The fraction of sp³-hybridized carbons (Fsp3) is 0.375. The van der Waals surface area contributed by atoms with Crippen LogP contribution in [0.5, 0.6) is 5.75 Å². The molecule has 108 valence electrons. The zero-order chi connectivity index (χ0) is 14.8. The van der Waals surface area contributed by atoms with Crippen molar-refractivity contribution in [3.05, 3.63) is 42.0 Å². The first-order valence-electron chi connectivity index (χ1n) is 6.51. The van der Waals surface area contributed by atoms with Crippen LogP contribution in [-0.2, 0) is 15.3 Å². The van der Waals surface area contributed by atoms with Gasteiger partial charge in [-0.2, -0.15) is 0 Å². The lowest BCUT2D eigenvalue weighted by molar-refractivity contribution is -0.226. The average molecular weight is 275 g/mol. The van der Waals surface area contributed by atoms with Gasteiger partial charge in [-0.3, -0.25) is 0 Å². The minimum atomic E-state index is -0.936. The Morgan fingerprint density at radius 3 is 2.10 bits per heavy atom. The molecule has 20 heavy (non-hydrogen) atoms. The van der Waals surface area contributed by atoms with Gasteiger partial charge in [0.05, 0.1) is 13.2 Å². The van der Waals surface area contributed by atoms with Crippen LogP contribution in [0.15, 0.2) is 36.4 Å². The zero-order valence-electron chi connectivity index (χ0n) is 12.3. The quantitative estimate of drug-likeness (QED) is 0.852. The molecule has 0 heterocycles. The number of benzene rings is 2. The SMILES string of the molecule is COc1ccc2cc(C(OC)(OC)C(C)N)ccc2c1. The average Bonchev–Trinajstić information content (AvgIpc) is 2.48. The molecule has 1 unspecified atom stereocenters. The van der Waals surface area contributed by atoms with Gasteiger partial charge in [-0.15, -0.1) is 0 Å². The molecular formula is C16H21NO3. The molecule has 4 nitrogen and oxygen atoms in total. The summed E-state index contributed by atoms with van der Waals surface area (Å²) in [6.45, 7) is 1.87. The fourth-order valence-electron chi connectivity index (χ4n) is 2.52. The third-order valence-corrected chi connectivity index (χ3v) is 3.66. The van der Waals surface area contributed by atoms with E-state index in [2.05, 4.69) is 0 Å². The third-order valence-electron chi connectivity index (χ3n) is 3.66. The molecule has 0 aliphatic heterocycles. The monoisotopic (exact) mass is 275 g/mol. The Hall–Kier alpha value is -1.62. The summed E-state index contributed by atoms with van der Waals surface area (Å²) in [4.78, 5) is 0. The van der Waals surface area contributed by atoms with Crippen LogP contribution in [0.25, 0.3) is 10.8 Å². The molecule has 0 aromatic heterocycles. The Labute approximate surface area is 119 Å². The minimum Gasteiger partial charge on any atom is -0.497 e. The summed E-state index contributed by atoms with van der Waals surface area (Å²) in [6.07, 6.45) is 0. The number of fused-ring (bicyclic) bond motifs is 1. The highest BCUT2D eigenvalue weighted by Gasteiger charge is 2.36. The van der Waals surface area contributed by atoms with Gasteiger partial charge in [-0.25, -0.2) is 0 Å². The third kappa shape index (κ3) is 2.38. The summed E-state index contributed by atoms with van der Waals surface area (Å²) < 4.78 is 16.3. The smallest absolute Gasteiger partial charge is 0.209 e. The summed E-state index contributed by atoms with van der Waals surface area (Å²) in [5.41, 5.74) is 6.94. The Morgan fingerprint density at radius 1 is 0.950 bits per heavy atom. The molecule has 2 N–H and O–H groups in total. The summed E-state index contributed by atoms with van der Waals surface area (Å²) in [7, 11) is 4.86. The van der Waals surface area contributed by atoms with Crippen LogP contribution in [0.4, 0.5) is 0 Å². The number of ether oxygens (including phenoxy) is 3. The standard InChI is InChI=1S/C16H21NO3/c1-11(17)16(19-3,20-4)14-7-5-13-10-15(18-2)8-6-12(13)9-14/h5-11H,17H2,1-4H3. The van der Waals surface area contributed by atoms with Gasteiger partial charge in [0.1, 0.15) is 5.75 Å². The first-order chi connectivity index (χ1) is 9.57. The topological polar surface area (TPSA) is 53.7 Å². The van der Waals surface area contributed by atoms with Gasteiger partial charge in [-0.05, 0) is 35.9 Å². The molecule has 2 aromatic carbocycles. The van der Waals surface area contributed by atoms with E-state index in [4.69, 9.17) is 19.9 Å². The molecule has 0 radical (unpaired) electrons. The van der Waals surface area contributed by atoms with Gasteiger partial charge >= 0.3 is 0 Å². The molecule has 2 aromatic rings. The highest BCUT2D eigenvalue weighted by Crippen LogP contribution is 2.32. The summed E-state index contributed by atoms with van der Waals surface area (Å²) in [5.74, 6) is -0.101. The lowest BCUT2D eigenvalue weighted by Crippen LogP contribution is -2.46. The van der Waals surface area contributed by atoms with Crippen molar-refractivity contribution in [3.8, 4) is 5.75 Å². The van der Waals surface area contributed by atoms with E-state index in [1.54, 1.807) is 21.3 Å². The molecule has 1 atom stereocenters. The lowest BCUT2D eigenvalue weighted by atomic mass is 9.96. The maximum absolute atomic E-state index is 6.04. The summed E-state index contributed by atoms with van der Waals surface area (Å²) >= 11 is 0. The van der Waals surface area contributed by atoms with Gasteiger partial charge in [0.15, 0.2) is 0 Å². The Bertz CT molecular complexity index is 591. The molecule has 0 aliphatic rings. The van der Waals surface area contributed by atoms with Crippen LogP contribution >= 0.6 is 0 Å². The summed E-state index contributed by atoms with van der Waals surface area (Å²) in [6, 6.07) is 11.7. The van der Waals surface area contributed by atoms with Crippen molar-refractivity contribution >= 4 is 10.8 Å². The molecule has 0 amide bonds. The van der Waals surface area contributed by atoms with Crippen LogP contribution in [0.2, 0.25) is 0 Å². The van der Waals surface area contributed by atoms with Crippen molar-refractivity contribution < 1.29 is 14.2 Å². The van der Waals surface area contributed by atoms with Gasteiger partial charge in [0, 0.05) is 19.8 Å².